The van der Waals surface area contributed by atoms with E-state index in [2.05, 4.69) is 4.72 Å². The van der Waals surface area contributed by atoms with Gasteiger partial charge in [0, 0.05) is 38.6 Å². The standard InChI is InChI=1S/C24H29N3O4S2/c1-5-14-27(24(28)23-7-6-15-32-23)17-18-16-19(8-13-22(18)26(2)3)25-33(29,30)21-11-9-20(31-4)10-12-21/h6-13,15-16,25H,5,14,17H2,1-4H3. The van der Waals surface area contributed by atoms with Crippen LogP contribution in [-0.4, -0.2) is 47.0 Å². The van der Waals surface area contributed by atoms with Crippen molar-refractivity contribution in [2.45, 2.75) is 24.8 Å². The largest absolute Gasteiger partial charge is 0.497 e. The number of benzene rings is 2. The Morgan fingerprint density at radius 1 is 1.09 bits per heavy atom. The quantitative estimate of drug-likeness (QED) is 0.449. The van der Waals surface area contributed by atoms with Crippen molar-refractivity contribution in [3.05, 3.63) is 70.4 Å². The summed E-state index contributed by atoms with van der Waals surface area (Å²) in [4.78, 5) is 17.6. The van der Waals surface area contributed by atoms with Crippen LogP contribution in [0, 0.1) is 0 Å². The number of hydrogen-bond donors (Lipinski definition) is 1. The Balaban J connectivity index is 1.90. The molecule has 0 spiro atoms. The van der Waals surface area contributed by atoms with Gasteiger partial charge in [-0.2, -0.15) is 0 Å². The molecule has 0 radical (unpaired) electrons. The average molecular weight is 488 g/mol. The number of rotatable bonds is 10. The number of amides is 1. The second-order valence-corrected chi connectivity index (χ2v) is 10.4. The molecule has 1 N–H and O–H groups in total. The first kappa shape index (κ1) is 24.6. The molecule has 33 heavy (non-hydrogen) atoms. The van der Waals surface area contributed by atoms with Gasteiger partial charge in [0.15, 0.2) is 0 Å². The third kappa shape index (κ3) is 6.06. The summed E-state index contributed by atoms with van der Waals surface area (Å²) in [7, 11) is 1.60. The van der Waals surface area contributed by atoms with Gasteiger partial charge in [0.1, 0.15) is 5.75 Å². The van der Waals surface area contributed by atoms with E-state index in [-0.39, 0.29) is 10.8 Å². The maximum atomic E-state index is 13.0. The fraction of sp³-hybridized carbons (Fsp3) is 0.292. The van der Waals surface area contributed by atoms with E-state index in [1.807, 2.05) is 49.5 Å². The van der Waals surface area contributed by atoms with Gasteiger partial charge in [-0.05, 0) is 65.9 Å². The SMILES string of the molecule is CCCN(Cc1cc(NS(=O)(=O)c2ccc(OC)cc2)ccc1N(C)C)C(=O)c1cccs1. The molecular weight excluding hydrogens is 458 g/mol. The van der Waals surface area contributed by atoms with E-state index in [9.17, 15) is 13.2 Å². The molecule has 0 fully saturated rings. The smallest absolute Gasteiger partial charge is 0.264 e. The van der Waals surface area contributed by atoms with Crippen molar-refractivity contribution in [2.24, 2.45) is 0 Å². The summed E-state index contributed by atoms with van der Waals surface area (Å²) < 4.78 is 33.5. The Bertz CT molecular complexity index is 1170. The van der Waals surface area contributed by atoms with Crippen LogP contribution in [0.15, 0.2) is 64.9 Å². The van der Waals surface area contributed by atoms with Gasteiger partial charge in [-0.1, -0.05) is 13.0 Å². The zero-order chi connectivity index (χ0) is 24.0. The summed E-state index contributed by atoms with van der Waals surface area (Å²) in [6.45, 7) is 3.00. The molecule has 0 aliphatic rings. The van der Waals surface area contributed by atoms with E-state index in [0.717, 1.165) is 17.7 Å². The maximum Gasteiger partial charge on any atom is 0.264 e. The van der Waals surface area contributed by atoms with Gasteiger partial charge in [0.05, 0.1) is 16.9 Å². The van der Waals surface area contributed by atoms with Crippen LogP contribution >= 0.6 is 11.3 Å². The second kappa shape index (κ2) is 10.7. The van der Waals surface area contributed by atoms with Crippen LogP contribution < -0.4 is 14.4 Å². The van der Waals surface area contributed by atoms with Crippen molar-refractivity contribution in [3.63, 3.8) is 0 Å². The zero-order valence-electron chi connectivity index (χ0n) is 19.2. The molecular formula is C24H29N3O4S2. The van der Waals surface area contributed by atoms with Crippen molar-refractivity contribution in [2.75, 3.05) is 37.4 Å². The lowest BCUT2D eigenvalue weighted by Gasteiger charge is -2.26. The van der Waals surface area contributed by atoms with Gasteiger partial charge in [-0.3, -0.25) is 9.52 Å². The normalized spacial score (nSPS) is 11.2. The number of ether oxygens (including phenoxy) is 1. The number of anilines is 2. The van der Waals surface area contributed by atoms with Gasteiger partial charge in [-0.25, -0.2) is 8.42 Å². The van der Waals surface area contributed by atoms with Gasteiger partial charge in [0.25, 0.3) is 15.9 Å². The molecule has 1 aromatic heterocycles. The maximum absolute atomic E-state index is 13.0. The Morgan fingerprint density at radius 3 is 2.39 bits per heavy atom. The summed E-state index contributed by atoms with van der Waals surface area (Å²) in [5.41, 5.74) is 2.21. The molecule has 3 aromatic rings. The number of thiophene rings is 1. The zero-order valence-corrected chi connectivity index (χ0v) is 20.9. The first-order valence-corrected chi connectivity index (χ1v) is 12.9. The van der Waals surface area contributed by atoms with Crippen molar-refractivity contribution in [1.82, 2.24) is 4.90 Å². The van der Waals surface area contributed by atoms with Crippen LogP contribution in [0.2, 0.25) is 0 Å². The molecule has 1 heterocycles. The predicted octanol–water partition coefficient (Wildman–Crippen LogP) is 4.68. The number of hydrogen-bond acceptors (Lipinski definition) is 6. The van der Waals surface area contributed by atoms with Gasteiger partial charge in [0.2, 0.25) is 0 Å². The van der Waals surface area contributed by atoms with E-state index < -0.39 is 10.0 Å². The molecule has 0 bridgehead atoms. The first-order chi connectivity index (χ1) is 15.7. The van der Waals surface area contributed by atoms with Crippen LogP contribution in [-0.2, 0) is 16.6 Å². The molecule has 3 rings (SSSR count). The van der Waals surface area contributed by atoms with Crippen molar-refractivity contribution >= 4 is 38.6 Å². The highest BCUT2D eigenvalue weighted by molar-refractivity contribution is 7.92. The highest BCUT2D eigenvalue weighted by Crippen LogP contribution is 2.27. The molecule has 0 aliphatic carbocycles. The van der Waals surface area contributed by atoms with Gasteiger partial charge >= 0.3 is 0 Å². The summed E-state index contributed by atoms with van der Waals surface area (Å²) in [6, 6.07) is 15.3. The molecule has 0 unspecified atom stereocenters. The number of carbonyl (C=O) groups excluding carboxylic acids is 1. The van der Waals surface area contributed by atoms with Crippen LogP contribution in [0.1, 0.15) is 28.6 Å². The van der Waals surface area contributed by atoms with Crippen LogP contribution in [0.4, 0.5) is 11.4 Å². The van der Waals surface area contributed by atoms with E-state index in [1.165, 1.54) is 30.6 Å². The number of nitrogens with one attached hydrogen (secondary N) is 1. The lowest BCUT2D eigenvalue weighted by molar-refractivity contribution is 0.0748. The molecule has 2 aromatic carbocycles. The van der Waals surface area contributed by atoms with Crippen molar-refractivity contribution in [3.8, 4) is 5.75 Å². The Hall–Kier alpha value is -3.04. The van der Waals surface area contributed by atoms with Gasteiger partial charge < -0.3 is 14.5 Å². The molecule has 9 heteroatoms. The van der Waals surface area contributed by atoms with E-state index in [1.54, 1.807) is 29.2 Å². The fourth-order valence-electron chi connectivity index (χ4n) is 3.46. The van der Waals surface area contributed by atoms with E-state index >= 15 is 0 Å². The highest BCUT2D eigenvalue weighted by Gasteiger charge is 2.20. The Kier molecular flexibility index (Phi) is 7.99. The van der Waals surface area contributed by atoms with Crippen LogP contribution in [0.5, 0.6) is 5.75 Å². The number of sulfonamides is 1. The summed E-state index contributed by atoms with van der Waals surface area (Å²) in [5.74, 6) is 0.554. The lowest BCUT2D eigenvalue weighted by atomic mass is 10.1. The number of nitrogens with zero attached hydrogens (tertiary/aromatic N) is 2. The highest BCUT2D eigenvalue weighted by atomic mass is 32.2. The van der Waals surface area contributed by atoms with E-state index in [4.69, 9.17) is 4.74 Å². The molecule has 176 valence electrons. The monoisotopic (exact) mass is 487 g/mol. The second-order valence-electron chi connectivity index (χ2n) is 7.72. The minimum Gasteiger partial charge on any atom is -0.497 e. The molecule has 0 saturated carbocycles. The molecule has 0 saturated heterocycles. The first-order valence-electron chi connectivity index (χ1n) is 10.5. The Labute approximate surface area is 199 Å². The van der Waals surface area contributed by atoms with Crippen molar-refractivity contribution in [1.29, 1.82) is 0 Å². The number of methoxy groups -OCH3 is 1. The molecule has 7 nitrogen and oxygen atoms in total. The number of carbonyl (C=O) groups is 1. The average Bonchev–Trinajstić information content (AvgIpc) is 3.33. The summed E-state index contributed by atoms with van der Waals surface area (Å²) in [5, 5.41) is 1.89. The minimum absolute atomic E-state index is 0.0271. The third-order valence-electron chi connectivity index (χ3n) is 5.06. The minimum atomic E-state index is -3.78. The third-order valence-corrected chi connectivity index (χ3v) is 7.31. The van der Waals surface area contributed by atoms with Crippen LogP contribution in [0.3, 0.4) is 0 Å². The summed E-state index contributed by atoms with van der Waals surface area (Å²) >= 11 is 1.42. The lowest BCUT2D eigenvalue weighted by Crippen LogP contribution is -2.31. The Morgan fingerprint density at radius 2 is 1.82 bits per heavy atom. The van der Waals surface area contributed by atoms with E-state index in [0.29, 0.717) is 29.4 Å². The predicted molar refractivity (Wildman–Crippen MR) is 134 cm³/mol. The molecule has 0 aliphatic heterocycles. The fourth-order valence-corrected chi connectivity index (χ4v) is 5.21. The summed E-state index contributed by atoms with van der Waals surface area (Å²) in [6.07, 6.45) is 0.818. The topological polar surface area (TPSA) is 79.0 Å². The molecule has 0 atom stereocenters. The van der Waals surface area contributed by atoms with Gasteiger partial charge in [-0.15, -0.1) is 11.3 Å². The van der Waals surface area contributed by atoms with Crippen molar-refractivity contribution < 1.29 is 17.9 Å². The molecule has 1 amide bonds. The van der Waals surface area contributed by atoms with Crippen LogP contribution in [0.25, 0.3) is 0 Å².